The Hall–Kier alpha value is -1.10. The lowest BCUT2D eigenvalue weighted by Gasteiger charge is -2.05. The molecule has 0 unspecified atom stereocenters. The normalized spacial score (nSPS) is 23.3. The molecule has 0 fully saturated rings. The Labute approximate surface area is 64.0 Å². The molecular weight excluding hydrogens is 148 g/mol. The molecule has 1 aliphatic rings. The van der Waals surface area contributed by atoms with Gasteiger partial charge in [0, 0.05) is 13.8 Å². The van der Waals surface area contributed by atoms with Crippen molar-refractivity contribution in [3.8, 4) is 0 Å². The van der Waals surface area contributed by atoms with E-state index in [4.69, 9.17) is 0 Å². The summed E-state index contributed by atoms with van der Waals surface area (Å²) in [6.07, 6.45) is 0. The van der Waals surface area contributed by atoms with E-state index in [1.165, 1.54) is 20.8 Å². The lowest BCUT2D eigenvalue weighted by molar-refractivity contribution is -1.05. The summed E-state index contributed by atoms with van der Waals surface area (Å²) in [6, 6.07) is 0. The second kappa shape index (κ2) is 1.94. The van der Waals surface area contributed by atoms with E-state index in [1.54, 1.807) is 0 Å². The fraction of sp³-hybridized carbons (Fsp3) is 0.667. The van der Waals surface area contributed by atoms with E-state index >= 15 is 0 Å². The minimum atomic E-state index is -1.39. The van der Waals surface area contributed by atoms with Crippen LogP contribution in [0.25, 0.3) is 0 Å². The number of hydrogen-bond donors (Lipinski definition) is 1. The SMILES string of the molecule is CC1=[N+]([O-])[N+]([O-])=C(C)C1(C)O. The predicted molar refractivity (Wildman–Crippen MR) is 39.2 cm³/mol. The van der Waals surface area contributed by atoms with Gasteiger partial charge in [-0.1, -0.05) is 0 Å². The Morgan fingerprint density at radius 3 is 1.55 bits per heavy atom. The van der Waals surface area contributed by atoms with Crippen LogP contribution in [0.5, 0.6) is 0 Å². The predicted octanol–water partition coefficient (Wildman–Crippen LogP) is -0.392. The molecule has 1 N–H and O–H groups in total. The molecule has 5 heteroatoms. The van der Waals surface area contributed by atoms with Gasteiger partial charge in [0.15, 0.2) is 0 Å². The smallest absolute Gasteiger partial charge is 0.280 e. The van der Waals surface area contributed by atoms with Crippen LogP contribution in [-0.2, 0) is 0 Å². The standard InChI is InChI=1S/C6H10N2O3/c1-4-6(3,9)5(2)8(11)7(4)10/h9H,1-3H3. The molecule has 0 aromatic rings. The highest BCUT2D eigenvalue weighted by atomic mass is 16.7. The number of aliphatic hydroxyl groups is 1. The molecule has 0 spiro atoms. The summed E-state index contributed by atoms with van der Waals surface area (Å²) >= 11 is 0. The van der Waals surface area contributed by atoms with Crippen molar-refractivity contribution in [2.75, 3.05) is 0 Å². The molecule has 0 saturated carbocycles. The third-order valence-electron chi connectivity index (χ3n) is 2.15. The first-order chi connectivity index (χ1) is 4.89. The van der Waals surface area contributed by atoms with E-state index in [0.717, 1.165) is 0 Å². The van der Waals surface area contributed by atoms with Crippen molar-refractivity contribution in [2.24, 2.45) is 0 Å². The van der Waals surface area contributed by atoms with Crippen LogP contribution in [0.4, 0.5) is 0 Å². The second-order valence-electron chi connectivity index (χ2n) is 2.79. The van der Waals surface area contributed by atoms with Crippen molar-refractivity contribution in [3.05, 3.63) is 10.4 Å². The largest absolute Gasteiger partial charge is 0.561 e. The van der Waals surface area contributed by atoms with E-state index in [1.807, 2.05) is 0 Å². The summed E-state index contributed by atoms with van der Waals surface area (Å²) in [5.41, 5.74) is -1.18. The van der Waals surface area contributed by atoms with Crippen molar-refractivity contribution in [3.63, 3.8) is 0 Å². The Morgan fingerprint density at radius 2 is 1.45 bits per heavy atom. The van der Waals surface area contributed by atoms with Crippen LogP contribution in [-0.4, -0.2) is 31.8 Å². The van der Waals surface area contributed by atoms with Crippen molar-refractivity contribution >= 4 is 11.4 Å². The van der Waals surface area contributed by atoms with Crippen LogP contribution in [0.3, 0.4) is 0 Å². The van der Waals surface area contributed by atoms with Crippen LogP contribution in [0.1, 0.15) is 20.8 Å². The Balaban J connectivity index is 3.27. The van der Waals surface area contributed by atoms with E-state index in [-0.39, 0.29) is 21.1 Å². The number of hydrazone groups is 2. The first-order valence-electron chi connectivity index (χ1n) is 3.24. The van der Waals surface area contributed by atoms with Crippen LogP contribution in [0, 0.1) is 10.4 Å². The third kappa shape index (κ3) is 0.808. The molecule has 0 bridgehead atoms. The molecule has 62 valence electrons. The van der Waals surface area contributed by atoms with E-state index in [9.17, 15) is 15.5 Å². The van der Waals surface area contributed by atoms with Crippen LogP contribution >= 0.6 is 0 Å². The molecule has 1 rings (SSSR count). The monoisotopic (exact) mass is 158 g/mol. The summed E-state index contributed by atoms with van der Waals surface area (Å²) in [4.78, 5) is 0.296. The van der Waals surface area contributed by atoms with Gasteiger partial charge in [0.05, 0.1) is 9.70 Å². The molecule has 0 atom stereocenters. The number of nitrogens with zero attached hydrogens (tertiary/aromatic N) is 2. The zero-order valence-corrected chi connectivity index (χ0v) is 6.66. The van der Waals surface area contributed by atoms with Gasteiger partial charge in [-0.3, -0.25) is 0 Å². The van der Waals surface area contributed by atoms with E-state index in [2.05, 4.69) is 0 Å². The Bertz CT molecular complexity index is 239. The van der Waals surface area contributed by atoms with Crippen molar-refractivity contribution < 1.29 is 14.8 Å². The van der Waals surface area contributed by atoms with Gasteiger partial charge in [0.1, 0.15) is 0 Å². The van der Waals surface area contributed by atoms with Crippen molar-refractivity contribution in [1.82, 2.24) is 0 Å². The molecule has 11 heavy (non-hydrogen) atoms. The maximum atomic E-state index is 10.8. The summed E-state index contributed by atoms with van der Waals surface area (Å²) < 4.78 is 0. The summed E-state index contributed by atoms with van der Waals surface area (Å²) in [6.45, 7) is 4.27. The topological polar surface area (TPSA) is 72.4 Å². The molecular formula is C6H10N2O3. The van der Waals surface area contributed by atoms with Crippen LogP contribution in [0.15, 0.2) is 0 Å². The van der Waals surface area contributed by atoms with Crippen LogP contribution in [0.2, 0.25) is 0 Å². The minimum Gasteiger partial charge on any atom is -0.561 e. The first-order valence-corrected chi connectivity index (χ1v) is 3.24. The molecule has 5 nitrogen and oxygen atoms in total. The highest BCUT2D eigenvalue weighted by molar-refractivity contribution is 6.09. The molecule has 0 aromatic carbocycles. The van der Waals surface area contributed by atoms with Crippen molar-refractivity contribution in [1.29, 1.82) is 0 Å². The number of rotatable bonds is 0. The molecule has 1 heterocycles. The van der Waals surface area contributed by atoms with E-state index in [0.29, 0.717) is 0 Å². The Morgan fingerprint density at radius 1 is 1.18 bits per heavy atom. The quantitative estimate of drug-likeness (QED) is 0.385. The summed E-state index contributed by atoms with van der Waals surface area (Å²) in [7, 11) is 0. The maximum Gasteiger partial charge on any atom is 0.280 e. The third-order valence-corrected chi connectivity index (χ3v) is 2.15. The van der Waals surface area contributed by atoms with Crippen LogP contribution < -0.4 is 0 Å². The molecule has 1 aliphatic heterocycles. The fourth-order valence-electron chi connectivity index (χ4n) is 0.907. The average Bonchev–Trinajstić information content (AvgIpc) is 2.06. The molecule has 0 aromatic heterocycles. The molecule has 0 saturated heterocycles. The van der Waals surface area contributed by atoms with Gasteiger partial charge >= 0.3 is 0 Å². The summed E-state index contributed by atoms with van der Waals surface area (Å²) in [5, 5.41) is 31.2. The van der Waals surface area contributed by atoms with Gasteiger partial charge in [-0.25, -0.2) is 0 Å². The van der Waals surface area contributed by atoms with Gasteiger partial charge in [0.2, 0.25) is 5.60 Å². The van der Waals surface area contributed by atoms with Gasteiger partial charge in [0.25, 0.3) is 11.4 Å². The first kappa shape index (κ1) is 8.00. The molecule has 0 amide bonds. The zero-order chi connectivity index (χ0) is 8.81. The highest BCUT2D eigenvalue weighted by Crippen LogP contribution is 2.14. The fourth-order valence-corrected chi connectivity index (χ4v) is 0.907. The van der Waals surface area contributed by atoms with E-state index < -0.39 is 5.60 Å². The average molecular weight is 158 g/mol. The van der Waals surface area contributed by atoms with Gasteiger partial charge < -0.3 is 15.5 Å². The minimum absolute atomic E-state index is 0.102. The number of hydrazine groups is 1. The van der Waals surface area contributed by atoms with Gasteiger partial charge in [-0.05, 0) is 6.92 Å². The molecule has 0 aliphatic carbocycles. The van der Waals surface area contributed by atoms with Gasteiger partial charge in [-0.2, -0.15) is 0 Å². The maximum absolute atomic E-state index is 10.8. The lowest BCUT2D eigenvalue weighted by Crippen LogP contribution is -2.39. The van der Waals surface area contributed by atoms with Crippen molar-refractivity contribution in [2.45, 2.75) is 26.4 Å². The number of hydrogen-bond acceptors (Lipinski definition) is 3. The molecule has 0 radical (unpaired) electrons. The Kier molecular flexibility index (Phi) is 1.41. The highest BCUT2D eigenvalue weighted by Gasteiger charge is 2.49. The zero-order valence-electron chi connectivity index (χ0n) is 6.66. The van der Waals surface area contributed by atoms with Gasteiger partial charge in [-0.15, -0.1) is 0 Å². The second-order valence-corrected chi connectivity index (χ2v) is 2.79. The summed E-state index contributed by atoms with van der Waals surface area (Å²) in [5.74, 6) is 0. The lowest BCUT2D eigenvalue weighted by atomic mass is 9.97.